The van der Waals surface area contributed by atoms with Crippen LogP contribution in [0, 0.1) is 5.92 Å². The number of piperidine rings is 1. The minimum absolute atomic E-state index is 0.148. The van der Waals surface area contributed by atoms with E-state index >= 15 is 0 Å². The maximum Gasteiger partial charge on any atom is 0.337 e. The molecular formula is C16H25N3O5. The maximum absolute atomic E-state index is 12.1. The zero-order valence-electron chi connectivity index (χ0n) is 14.2. The predicted molar refractivity (Wildman–Crippen MR) is 86.0 cm³/mol. The Morgan fingerprint density at radius 1 is 1.25 bits per heavy atom. The van der Waals surface area contributed by atoms with Gasteiger partial charge < -0.3 is 20.1 Å². The van der Waals surface area contributed by atoms with Crippen molar-refractivity contribution < 1.29 is 23.9 Å². The molecule has 1 saturated heterocycles. The second-order valence-corrected chi connectivity index (χ2v) is 5.81. The van der Waals surface area contributed by atoms with Crippen LogP contribution in [0.25, 0.3) is 0 Å². The average Bonchev–Trinajstić information content (AvgIpc) is 2.55. The van der Waals surface area contributed by atoms with E-state index < -0.39 is 5.97 Å². The number of hydrogen-bond donors (Lipinski definition) is 2. The molecule has 0 aromatic heterocycles. The lowest BCUT2D eigenvalue weighted by Crippen LogP contribution is -2.48. The van der Waals surface area contributed by atoms with Crippen molar-refractivity contribution in [1.82, 2.24) is 15.5 Å². The molecule has 8 heteroatoms. The SMILES string of the molecule is CCOC(=O)C1=C(CN2CCC[C@@H](C(=O)OCC)C2)NC(=O)NC1. The van der Waals surface area contributed by atoms with Crippen molar-refractivity contribution in [3.8, 4) is 0 Å². The largest absolute Gasteiger partial charge is 0.466 e. The molecule has 134 valence electrons. The minimum atomic E-state index is -0.432. The molecule has 0 aromatic rings. The number of esters is 2. The Morgan fingerprint density at radius 3 is 2.71 bits per heavy atom. The van der Waals surface area contributed by atoms with Gasteiger partial charge in [0.05, 0.1) is 31.2 Å². The Labute approximate surface area is 141 Å². The summed E-state index contributed by atoms with van der Waals surface area (Å²) in [5, 5.41) is 5.27. The molecule has 1 atom stereocenters. The number of ether oxygens (including phenoxy) is 2. The minimum Gasteiger partial charge on any atom is -0.466 e. The predicted octanol–water partition coefficient (Wildman–Crippen LogP) is 0.392. The van der Waals surface area contributed by atoms with Crippen molar-refractivity contribution in [2.45, 2.75) is 26.7 Å². The van der Waals surface area contributed by atoms with Crippen LogP contribution >= 0.6 is 0 Å². The van der Waals surface area contributed by atoms with Crippen molar-refractivity contribution in [2.75, 3.05) is 39.4 Å². The van der Waals surface area contributed by atoms with Gasteiger partial charge in [0.1, 0.15) is 0 Å². The maximum atomic E-state index is 12.1. The summed E-state index contributed by atoms with van der Waals surface area (Å²) in [7, 11) is 0. The summed E-state index contributed by atoms with van der Waals surface area (Å²) in [6.45, 7) is 6.08. The molecule has 0 spiro atoms. The number of nitrogens with one attached hydrogen (secondary N) is 2. The third-order valence-electron chi connectivity index (χ3n) is 4.08. The Kier molecular flexibility index (Phi) is 6.60. The van der Waals surface area contributed by atoms with Gasteiger partial charge in [-0.1, -0.05) is 0 Å². The van der Waals surface area contributed by atoms with Crippen LogP contribution in [0.5, 0.6) is 0 Å². The summed E-state index contributed by atoms with van der Waals surface area (Å²) >= 11 is 0. The zero-order chi connectivity index (χ0) is 17.5. The normalized spacial score (nSPS) is 21.8. The van der Waals surface area contributed by atoms with Crippen LogP contribution in [0.15, 0.2) is 11.3 Å². The van der Waals surface area contributed by atoms with Gasteiger partial charge >= 0.3 is 18.0 Å². The number of rotatable bonds is 6. The van der Waals surface area contributed by atoms with E-state index in [2.05, 4.69) is 15.5 Å². The van der Waals surface area contributed by atoms with Crippen molar-refractivity contribution in [2.24, 2.45) is 5.92 Å². The van der Waals surface area contributed by atoms with Crippen LogP contribution in [-0.4, -0.2) is 62.3 Å². The highest BCUT2D eigenvalue weighted by molar-refractivity contribution is 5.93. The highest BCUT2D eigenvalue weighted by atomic mass is 16.5. The Hall–Kier alpha value is -2.09. The van der Waals surface area contributed by atoms with E-state index in [1.54, 1.807) is 13.8 Å². The van der Waals surface area contributed by atoms with Gasteiger partial charge in [0.25, 0.3) is 0 Å². The van der Waals surface area contributed by atoms with Gasteiger partial charge in [0.15, 0.2) is 0 Å². The number of carbonyl (C=O) groups is 3. The number of carbonyl (C=O) groups excluding carboxylic acids is 3. The number of nitrogens with zero attached hydrogens (tertiary/aromatic N) is 1. The third-order valence-corrected chi connectivity index (χ3v) is 4.08. The Balaban J connectivity index is 2.06. The lowest BCUT2D eigenvalue weighted by Gasteiger charge is -2.33. The van der Waals surface area contributed by atoms with Gasteiger partial charge in [0.2, 0.25) is 0 Å². The summed E-state index contributed by atoms with van der Waals surface area (Å²) in [6, 6.07) is -0.336. The molecular weight excluding hydrogens is 314 g/mol. The molecule has 0 aliphatic carbocycles. The molecule has 24 heavy (non-hydrogen) atoms. The zero-order valence-corrected chi connectivity index (χ0v) is 14.2. The molecule has 1 fully saturated rings. The first kappa shape index (κ1) is 18.3. The fourth-order valence-electron chi connectivity index (χ4n) is 2.96. The van der Waals surface area contributed by atoms with E-state index in [1.165, 1.54) is 0 Å². The number of hydrogen-bond acceptors (Lipinski definition) is 6. The van der Waals surface area contributed by atoms with E-state index in [0.717, 1.165) is 19.4 Å². The summed E-state index contributed by atoms with van der Waals surface area (Å²) in [4.78, 5) is 37.6. The molecule has 0 saturated carbocycles. The summed E-state index contributed by atoms with van der Waals surface area (Å²) < 4.78 is 10.1. The molecule has 0 aromatic carbocycles. The second kappa shape index (κ2) is 8.68. The summed E-state index contributed by atoms with van der Waals surface area (Å²) in [6.07, 6.45) is 1.67. The first-order chi connectivity index (χ1) is 11.5. The highest BCUT2D eigenvalue weighted by Gasteiger charge is 2.30. The molecule has 0 unspecified atom stereocenters. The van der Waals surface area contributed by atoms with E-state index in [0.29, 0.717) is 31.0 Å². The molecule has 2 aliphatic heterocycles. The third kappa shape index (κ3) is 4.70. The average molecular weight is 339 g/mol. The highest BCUT2D eigenvalue weighted by Crippen LogP contribution is 2.20. The lowest BCUT2D eigenvalue weighted by atomic mass is 9.97. The van der Waals surface area contributed by atoms with Crippen LogP contribution in [0.2, 0.25) is 0 Å². The van der Waals surface area contributed by atoms with E-state index in [9.17, 15) is 14.4 Å². The van der Waals surface area contributed by atoms with Gasteiger partial charge in [-0.2, -0.15) is 0 Å². The van der Waals surface area contributed by atoms with E-state index in [1.807, 2.05) is 0 Å². The van der Waals surface area contributed by atoms with Gasteiger partial charge in [-0.25, -0.2) is 9.59 Å². The van der Waals surface area contributed by atoms with Crippen LogP contribution in [0.4, 0.5) is 4.79 Å². The fraction of sp³-hybridized carbons (Fsp3) is 0.688. The molecule has 2 N–H and O–H groups in total. The number of amides is 2. The van der Waals surface area contributed by atoms with Crippen LogP contribution in [0.3, 0.4) is 0 Å². The molecule has 2 aliphatic rings. The van der Waals surface area contributed by atoms with Gasteiger partial charge in [0, 0.05) is 18.8 Å². The molecule has 0 bridgehead atoms. The quantitative estimate of drug-likeness (QED) is 0.680. The standard InChI is InChI=1S/C16H25N3O5/c1-3-23-14(20)11-6-5-7-19(9-11)10-13-12(15(21)24-4-2)8-17-16(22)18-13/h11H,3-10H2,1-2H3,(H2,17,18,22)/t11-/m1/s1. The first-order valence-corrected chi connectivity index (χ1v) is 8.38. The van der Waals surface area contributed by atoms with Crippen molar-refractivity contribution in [3.05, 3.63) is 11.3 Å². The Bertz CT molecular complexity index is 532. The molecule has 2 heterocycles. The smallest absolute Gasteiger partial charge is 0.337 e. The second-order valence-electron chi connectivity index (χ2n) is 5.81. The van der Waals surface area contributed by atoms with E-state index in [4.69, 9.17) is 9.47 Å². The molecule has 0 radical (unpaired) electrons. The first-order valence-electron chi connectivity index (χ1n) is 8.38. The topological polar surface area (TPSA) is 97.0 Å². The van der Waals surface area contributed by atoms with Crippen LogP contribution in [0.1, 0.15) is 26.7 Å². The summed E-state index contributed by atoms with van der Waals surface area (Å²) in [5.41, 5.74) is 0.969. The fourth-order valence-corrected chi connectivity index (χ4v) is 2.96. The monoisotopic (exact) mass is 339 g/mol. The van der Waals surface area contributed by atoms with E-state index in [-0.39, 0.29) is 31.1 Å². The lowest BCUT2D eigenvalue weighted by molar-refractivity contribution is -0.150. The molecule has 2 rings (SSSR count). The molecule has 2 amide bonds. The summed E-state index contributed by atoms with van der Waals surface area (Å²) in [5.74, 6) is -0.780. The van der Waals surface area contributed by atoms with Crippen molar-refractivity contribution >= 4 is 18.0 Å². The Morgan fingerprint density at radius 2 is 2.00 bits per heavy atom. The number of urea groups is 1. The van der Waals surface area contributed by atoms with Crippen LogP contribution in [-0.2, 0) is 19.1 Å². The van der Waals surface area contributed by atoms with Crippen molar-refractivity contribution in [1.29, 1.82) is 0 Å². The van der Waals surface area contributed by atoms with Crippen molar-refractivity contribution in [3.63, 3.8) is 0 Å². The van der Waals surface area contributed by atoms with Crippen LogP contribution < -0.4 is 10.6 Å². The van der Waals surface area contributed by atoms with Gasteiger partial charge in [-0.3, -0.25) is 9.69 Å². The molecule has 8 nitrogen and oxygen atoms in total. The van der Waals surface area contributed by atoms with Gasteiger partial charge in [-0.15, -0.1) is 0 Å². The number of likely N-dealkylation sites (tertiary alicyclic amines) is 1. The van der Waals surface area contributed by atoms with Gasteiger partial charge in [-0.05, 0) is 33.2 Å².